The van der Waals surface area contributed by atoms with Crippen molar-refractivity contribution in [3.63, 3.8) is 0 Å². The highest BCUT2D eigenvalue weighted by atomic mass is 19.1. The van der Waals surface area contributed by atoms with Crippen LogP contribution in [0.4, 0.5) is 4.39 Å². The van der Waals surface area contributed by atoms with E-state index in [2.05, 4.69) is 10.1 Å². The molecule has 0 amide bonds. The first-order chi connectivity index (χ1) is 15.6. The van der Waals surface area contributed by atoms with E-state index in [0.29, 0.717) is 23.0 Å². The number of methoxy groups -OCH3 is 3. The van der Waals surface area contributed by atoms with Gasteiger partial charge in [-0.05, 0) is 61.3 Å². The van der Waals surface area contributed by atoms with Gasteiger partial charge in [0.1, 0.15) is 11.5 Å². The average Bonchev–Trinajstić information content (AvgIpc) is 3.19. The van der Waals surface area contributed by atoms with E-state index in [1.54, 1.807) is 33.5 Å². The second-order valence-corrected chi connectivity index (χ2v) is 7.99. The first kappa shape index (κ1) is 22.1. The summed E-state index contributed by atoms with van der Waals surface area (Å²) in [6, 6.07) is 12.4. The van der Waals surface area contributed by atoms with Crippen LogP contribution in [0.15, 0.2) is 47.0 Å². The van der Waals surface area contributed by atoms with Gasteiger partial charge in [-0.2, -0.15) is 0 Å². The minimum absolute atomic E-state index is 0.134. The molecule has 32 heavy (non-hydrogen) atoms. The zero-order chi connectivity index (χ0) is 22.5. The smallest absolute Gasteiger partial charge is 0.203 e. The van der Waals surface area contributed by atoms with Crippen LogP contribution in [-0.4, -0.2) is 37.9 Å². The van der Waals surface area contributed by atoms with Gasteiger partial charge in [0.25, 0.3) is 0 Å². The van der Waals surface area contributed by atoms with Gasteiger partial charge in [0, 0.05) is 18.2 Å². The standard InChI is InChI=1S/C25H29FN2O4/c1-29-23-13-17(14-24(30-2)25(23)31-3)16-28-12-6-4-5-7-21(28)20-15-22(32-27-20)18-8-10-19(26)11-9-18/h8-11,13-15,21H,4-7,12,16H2,1-3H3. The lowest BCUT2D eigenvalue weighted by Gasteiger charge is -2.28. The predicted molar refractivity (Wildman–Crippen MR) is 120 cm³/mol. The van der Waals surface area contributed by atoms with Crippen molar-refractivity contribution in [2.24, 2.45) is 0 Å². The summed E-state index contributed by atoms with van der Waals surface area (Å²) in [7, 11) is 4.86. The minimum Gasteiger partial charge on any atom is -0.493 e. The second-order valence-electron chi connectivity index (χ2n) is 7.99. The summed E-state index contributed by atoms with van der Waals surface area (Å²) in [6.45, 7) is 1.68. The Kier molecular flexibility index (Phi) is 6.95. The summed E-state index contributed by atoms with van der Waals surface area (Å²) in [5.74, 6) is 2.26. The zero-order valence-corrected chi connectivity index (χ0v) is 18.8. The van der Waals surface area contributed by atoms with Crippen LogP contribution in [0.1, 0.15) is 43.0 Å². The monoisotopic (exact) mass is 440 g/mol. The molecule has 2 heterocycles. The van der Waals surface area contributed by atoms with Crippen molar-refractivity contribution in [1.29, 1.82) is 0 Å². The van der Waals surface area contributed by atoms with Gasteiger partial charge in [0.2, 0.25) is 5.75 Å². The molecule has 0 aliphatic carbocycles. The molecule has 0 spiro atoms. The molecule has 0 bridgehead atoms. The van der Waals surface area contributed by atoms with Crippen LogP contribution in [0.3, 0.4) is 0 Å². The summed E-state index contributed by atoms with van der Waals surface area (Å²) in [5, 5.41) is 4.39. The summed E-state index contributed by atoms with van der Waals surface area (Å²) in [6.07, 6.45) is 4.45. The Morgan fingerprint density at radius 3 is 2.34 bits per heavy atom. The number of hydrogen-bond acceptors (Lipinski definition) is 6. The highest BCUT2D eigenvalue weighted by Gasteiger charge is 2.27. The quantitative estimate of drug-likeness (QED) is 0.475. The topological polar surface area (TPSA) is 57.0 Å². The second kappa shape index (κ2) is 10.0. The highest BCUT2D eigenvalue weighted by Crippen LogP contribution is 2.40. The fraction of sp³-hybridized carbons (Fsp3) is 0.400. The normalized spacial score (nSPS) is 17.1. The van der Waals surface area contributed by atoms with Crippen molar-refractivity contribution >= 4 is 0 Å². The van der Waals surface area contributed by atoms with Crippen molar-refractivity contribution in [2.75, 3.05) is 27.9 Å². The SMILES string of the molecule is COc1cc(CN2CCCCCC2c2cc(-c3ccc(F)cc3)on2)cc(OC)c1OC. The number of aromatic nitrogens is 1. The van der Waals surface area contributed by atoms with E-state index in [-0.39, 0.29) is 11.9 Å². The summed E-state index contributed by atoms with van der Waals surface area (Å²) in [4.78, 5) is 2.43. The third-order valence-corrected chi connectivity index (χ3v) is 5.97. The molecule has 7 heteroatoms. The molecule has 0 saturated carbocycles. The Morgan fingerprint density at radius 1 is 0.969 bits per heavy atom. The fourth-order valence-corrected chi connectivity index (χ4v) is 4.35. The van der Waals surface area contributed by atoms with Crippen molar-refractivity contribution < 1.29 is 23.1 Å². The van der Waals surface area contributed by atoms with Crippen LogP contribution < -0.4 is 14.2 Å². The molecule has 1 fully saturated rings. The molecular weight excluding hydrogens is 411 g/mol. The lowest BCUT2D eigenvalue weighted by molar-refractivity contribution is 0.183. The van der Waals surface area contributed by atoms with E-state index in [1.165, 1.54) is 18.6 Å². The van der Waals surface area contributed by atoms with Crippen LogP contribution in [-0.2, 0) is 6.54 Å². The van der Waals surface area contributed by atoms with Crippen molar-refractivity contribution in [3.05, 3.63) is 59.5 Å². The van der Waals surface area contributed by atoms with Gasteiger partial charge < -0.3 is 18.7 Å². The first-order valence-corrected chi connectivity index (χ1v) is 10.9. The van der Waals surface area contributed by atoms with Gasteiger partial charge in [-0.3, -0.25) is 4.90 Å². The zero-order valence-electron chi connectivity index (χ0n) is 18.8. The third-order valence-electron chi connectivity index (χ3n) is 5.97. The maximum atomic E-state index is 13.3. The lowest BCUT2D eigenvalue weighted by Crippen LogP contribution is -2.28. The molecule has 1 atom stereocenters. The molecular formula is C25H29FN2O4. The highest BCUT2D eigenvalue weighted by molar-refractivity contribution is 5.57. The van der Waals surface area contributed by atoms with Gasteiger partial charge in [-0.25, -0.2) is 4.39 Å². The average molecular weight is 441 g/mol. The number of halogens is 1. The molecule has 3 aromatic rings. The molecule has 1 saturated heterocycles. The maximum absolute atomic E-state index is 13.3. The van der Waals surface area contributed by atoms with Gasteiger partial charge >= 0.3 is 0 Å². The molecule has 0 N–H and O–H groups in total. The Bertz CT molecular complexity index is 1010. The number of nitrogens with zero attached hydrogens (tertiary/aromatic N) is 2. The maximum Gasteiger partial charge on any atom is 0.203 e. The van der Waals surface area contributed by atoms with Crippen molar-refractivity contribution in [2.45, 2.75) is 38.3 Å². The molecule has 0 radical (unpaired) electrons. The molecule has 6 nitrogen and oxygen atoms in total. The van der Waals surface area contributed by atoms with E-state index in [0.717, 1.165) is 49.2 Å². The number of likely N-dealkylation sites (tertiary alicyclic amines) is 1. The summed E-state index contributed by atoms with van der Waals surface area (Å²) in [5.41, 5.74) is 2.79. The molecule has 1 aromatic heterocycles. The Balaban J connectivity index is 1.61. The largest absolute Gasteiger partial charge is 0.493 e. The van der Waals surface area contributed by atoms with Crippen LogP contribution >= 0.6 is 0 Å². The fourth-order valence-electron chi connectivity index (χ4n) is 4.35. The van der Waals surface area contributed by atoms with Crippen LogP contribution in [0.2, 0.25) is 0 Å². The van der Waals surface area contributed by atoms with Gasteiger partial charge in [-0.1, -0.05) is 18.0 Å². The molecule has 170 valence electrons. The Morgan fingerprint density at radius 2 is 1.69 bits per heavy atom. The molecule has 1 aliphatic heterocycles. The van der Waals surface area contributed by atoms with E-state index >= 15 is 0 Å². The summed E-state index contributed by atoms with van der Waals surface area (Å²) < 4.78 is 35.4. The number of ether oxygens (including phenoxy) is 3. The van der Waals surface area contributed by atoms with Crippen LogP contribution in [0.25, 0.3) is 11.3 Å². The van der Waals surface area contributed by atoms with Crippen LogP contribution in [0, 0.1) is 5.82 Å². The van der Waals surface area contributed by atoms with E-state index < -0.39 is 0 Å². The first-order valence-electron chi connectivity index (χ1n) is 10.9. The van der Waals surface area contributed by atoms with E-state index in [1.807, 2.05) is 18.2 Å². The summed E-state index contributed by atoms with van der Waals surface area (Å²) >= 11 is 0. The molecule has 1 aliphatic rings. The predicted octanol–water partition coefficient (Wildman–Crippen LogP) is 5.62. The lowest BCUT2D eigenvalue weighted by atomic mass is 10.0. The molecule has 2 aromatic carbocycles. The molecule has 4 rings (SSSR count). The van der Waals surface area contributed by atoms with Gasteiger partial charge in [-0.15, -0.1) is 0 Å². The minimum atomic E-state index is -0.270. The number of benzene rings is 2. The molecule has 1 unspecified atom stereocenters. The number of rotatable bonds is 7. The van der Waals surface area contributed by atoms with Gasteiger partial charge in [0.05, 0.1) is 27.4 Å². The van der Waals surface area contributed by atoms with E-state index in [4.69, 9.17) is 18.7 Å². The van der Waals surface area contributed by atoms with E-state index in [9.17, 15) is 4.39 Å². The Labute approximate surface area is 187 Å². The van der Waals surface area contributed by atoms with Crippen molar-refractivity contribution in [1.82, 2.24) is 10.1 Å². The Hall–Kier alpha value is -3.06. The van der Waals surface area contributed by atoms with Crippen LogP contribution in [0.5, 0.6) is 17.2 Å². The third kappa shape index (κ3) is 4.72. The van der Waals surface area contributed by atoms with Crippen molar-refractivity contribution in [3.8, 4) is 28.6 Å². The van der Waals surface area contributed by atoms with Gasteiger partial charge in [0.15, 0.2) is 17.3 Å². The number of hydrogen-bond donors (Lipinski definition) is 0.